The van der Waals surface area contributed by atoms with Crippen LogP contribution in [0.25, 0.3) is 0 Å². The fourth-order valence-electron chi connectivity index (χ4n) is 3.37. The smallest absolute Gasteiger partial charge is 0.123 e. The average Bonchev–Trinajstić information content (AvgIpc) is 2.41. The number of halogens is 1. The first-order chi connectivity index (χ1) is 9.51. The van der Waals surface area contributed by atoms with Crippen molar-refractivity contribution in [2.45, 2.75) is 52.1 Å². The van der Waals surface area contributed by atoms with Crippen molar-refractivity contribution < 1.29 is 9.13 Å². The van der Waals surface area contributed by atoms with Gasteiger partial charge >= 0.3 is 0 Å². The van der Waals surface area contributed by atoms with Gasteiger partial charge in [-0.1, -0.05) is 13.8 Å². The molecule has 1 fully saturated rings. The summed E-state index contributed by atoms with van der Waals surface area (Å²) < 4.78 is 18.8. The maximum Gasteiger partial charge on any atom is 0.123 e. The molecule has 0 radical (unpaired) electrons. The van der Waals surface area contributed by atoms with Gasteiger partial charge in [-0.15, -0.1) is 0 Å². The zero-order chi connectivity index (χ0) is 14.7. The van der Waals surface area contributed by atoms with Gasteiger partial charge in [0, 0.05) is 17.6 Å². The van der Waals surface area contributed by atoms with Crippen LogP contribution in [-0.2, 0) is 0 Å². The summed E-state index contributed by atoms with van der Waals surface area (Å²) >= 11 is 0. The molecule has 3 heteroatoms. The Morgan fingerprint density at radius 3 is 2.70 bits per heavy atom. The molecular weight excluding hydrogens is 253 g/mol. The molecule has 1 aliphatic carbocycles. The SMILES string of the molecule is COc1ccc(F)cc1C(C)NC1CCC(C)CC1C. The molecule has 20 heavy (non-hydrogen) atoms. The summed E-state index contributed by atoms with van der Waals surface area (Å²) in [6, 6.07) is 5.33. The lowest BCUT2D eigenvalue weighted by Gasteiger charge is -2.35. The van der Waals surface area contributed by atoms with E-state index >= 15 is 0 Å². The maximum atomic E-state index is 13.5. The zero-order valence-corrected chi connectivity index (χ0v) is 12.9. The molecule has 0 bridgehead atoms. The molecule has 4 atom stereocenters. The van der Waals surface area contributed by atoms with Crippen molar-refractivity contribution in [2.24, 2.45) is 11.8 Å². The third kappa shape index (κ3) is 3.51. The van der Waals surface area contributed by atoms with Crippen molar-refractivity contribution in [1.82, 2.24) is 5.32 Å². The molecular formula is C17H26FNO. The summed E-state index contributed by atoms with van der Waals surface area (Å²) in [7, 11) is 1.63. The highest BCUT2D eigenvalue weighted by Crippen LogP contribution is 2.32. The number of benzene rings is 1. The number of methoxy groups -OCH3 is 1. The zero-order valence-electron chi connectivity index (χ0n) is 12.9. The van der Waals surface area contributed by atoms with E-state index in [2.05, 4.69) is 26.1 Å². The minimum absolute atomic E-state index is 0.0986. The molecule has 0 heterocycles. The first kappa shape index (κ1) is 15.3. The van der Waals surface area contributed by atoms with Crippen LogP contribution in [0.5, 0.6) is 5.75 Å². The standard InChI is InChI=1S/C17H26FNO/c1-11-5-7-16(12(2)9-11)19-13(3)15-10-14(18)6-8-17(15)20-4/h6,8,10-13,16,19H,5,7,9H2,1-4H3. The lowest BCUT2D eigenvalue weighted by molar-refractivity contribution is 0.215. The highest BCUT2D eigenvalue weighted by atomic mass is 19.1. The van der Waals surface area contributed by atoms with Crippen LogP contribution < -0.4 is 10.1 Å². The quantitative estimate of drug-likeness (QED) is 0.886. The van der Waals surface area contributed by atoms with E-state index in [0.29, 0.717) is 12.0 Å². The molecule has 4 unspecified atom stereocenters. The number of hydrogen-bond donors (Lipinski definition) is 1. The van der Waals surface area contributed by atoms with E-state index in [0.717, 1.165) is 17.2 Å². The monoisotopic (exact) mass is 279 g/mol. The Morgan fingerprint density at radius 2 is 2.05 bits per heavy atom. The summed E-state index contributed by atoms with van der Waals surface area (Å²) in [5, 5.41) is 3.66. The summed E-state index contributed by atoms with van der Waals surface area (Å²) in [6.07, 6.45) is 3.74. The molecule has 1 saturated carbocycles. The van der Waals surface area contributed by atoms with E-state index < -0.39 is 0 Å². The van der Waals surface area contributed by atoms with Gasteiger partial charge in [0.05, 0.1) is 7.11 Å². The molecule has 112 valence electrons. The Balaban J connectivity index is 2.08. The van der Waals surface area contributed by atoms with Gasteiger partial charge in [-0.3, -0.25) is 0 Å². The van der Waals surface area contributed by atoms with Crippen LogP contribution in [-0.4, -0.2) is 13.2 Å². The fourth-order valence-corrected chi connectivity index (χ4v) is 3.37. The van der Waals surface area contributed by atoms with Crippen LogP contribution >= 0.6 is 0 Å². The summed E-state index contributed by atoms with van der Waals surface area (Å²) in [4.78, 5) is 0. The van der Waals surface area contributed by atoms with Crippen LogP contribution in [0.15, 0.2) is 18.2 Å². The molecule has 2 rings (SSSR count). The third-order valence-electron chi connectivity index (χ3n) is 4.55. The van der Waals surface area contributed by atoms with Crippen LogP contribution in [0.3, 0.4) is 0 Å². The van der Waals surface area contributed by atoms with Gasteiger partial charge in [-0.2, -0.15) is 0 Å². The summed E-state index contributed by atoms with van der Waals surface area (Å²) in [5.74, 6) is 2.03. The molecule has 0 aliphatic heterocycles. The van der Waals surface area contributed by atoms with Crippen LogP contribution in [0.2, 0.25) is 0 Å². The van der Waals surface area contributed by atoms with Crippen LogP contribution in [0.4, 0.5) is 4.39 Å². The lowest BCUT2D eigenvalue weighted by atomic mass is 9.79. The normalized spacial score (nSPS) is 28.1. The molecule has 0 spiro atoms. The Bertz CT molecular complexity index is 449. The molecule has 2 nitrogen and oxygen atoms in total. The van der Waals surface area contributed by atoms with Crippen molar-refractivity contribution in [3.8, 4) is 5.75 Å². The molecule has 0 aromatic heterocycles. The minimum atomic E-state index is -0.209. The molecule has 0 amide bonds. The first-order valence-electron chi connectivity index (χ1n) is 7.60. The second kappa shape index (κ2) is 6.57. The molecule has 1 aromatic rings. The Labute approximate surface area is 121 Å². The van der Waals surface area contributed by atoms with Gasteiger partial charge in [-0.05, 0) is 56.2 Å². The second-order valence-corrected chi connectivity index (χ2v) is 6.28. The van der Waals surface area contributed by atoms with E-state index in [1.165, 1.54) is 25.3 Å². The lowest BCUT2D eigenvalue weighted by Crippen LogP contribution is -2.40. The van der Waals surface area contributed by atoms with E-state index in [9.17, 15) is 4.39 Å². The third-order valence-corrected chi connectivity index (χ3v) is 4.55. The summed E-state index contributed by atoms with van der Waals surface area (Å²) in [6.45, 7) is 6.72. The highest BCUT2D eigenvalue weighted by molar-refractivity contribution is 5.36. The Morgan fingerprint density at radius 1 is 1.30 bits per heavy atom. The highest BCUT2D eigenvalue weighted by Gasteiger charge is 2.27. The molecule has 0 saturated heterocycles. The number of nitrogens with one attached hydrogen (secondary N) is 1. The van der Waals surface area contributed by atoms with Gasteiger partial charge in [0.2, 0.25) is 0 Å². The van der Waals surface area contributed by atoms with E-state index in [1.807, 2.05) is 0 Å². The van der Waals surface area contributed by atoms with Gasteiger partial charge in [0.15, 0.2) is 0 Å². The topological polar surface area (TPSA) is 21.3 Å². The van der Waals surface area contributed by atoms with Crippen molar-refractivity contribution in [2.75, 3.05) is 7.11 Å². The maximum absolute atomic E-state index is 13.5. The number of rotatable bonds is 4. The van der Waals surface area contributed by atoms with Gasteiger partial charge < -0.3 is 10.1 Å². The second-order valence-electron chi connectivity index (χ2n) is 6.28. The van der Waals surface area contributed by atoms with Crippen LogP contribution in [0, 0.1) is 17.7 Å². The van der Waals surface area contributed by atoms with E-state index in [-0.39, 0.29) is 11.9 Å². The summed E-state index contributed by atoms with van der Waals surface area (Å²) in [5.41, 5.74) is 0.901. The first-order valence-corrected chi connectivity index (χ1v) is 7.60. The predicted molar refractivity (Wildman–Crippen MR) is 80.5 cm³/mol. The predicted octanol–water partition coefficient (Wildman–Crippen LogP) is 4.31. The van der Waals surface area contributed by atoms with Gasteiger partial charge in [0.25, 0.3) is 0 Å². The van der Waals surface area contributed by atoms with Crippen molar-refractivity contribution in [3.63, 3.8) is 0 Å². The number of ether oxygens (including phenoxy) is 1. The largest absolute Gasteiger partial charge is 0.496 e. The van der Waals surface area contributed by atoms with Crippen molar-refractivity contribution in [1.29, 1.82) is 0 Å². The van der Waals surface area contributed by atoms with E-state index in [1.54, 1.807) is 19.2 Å². The fraction of sp³-hybridized carbons (Fsp3) is 0.647. The van der Waals surface area contributed by atoms with Gasteiger partial charge in [0.1, 0.15) is 11.6 Å². The number of hydrogen-bond acceptors (Lipinski definition) is 2. The molecule has 1 aromatic carbocycles. The van der Waals surface area contributed by atoms with Crippen LogP contribution in [0.1, 0.15) is 51.6 Å². The minimum Gasteiger partial charge on any atom is -0.496 e. The average molecular weight is 279 g/mol. The van der Waals surface area contributed by atoms with Crippen molar-refractivity contribution in [3.05, 3.63) is 29.6 Å². The molecule has 1 N–H and O–H groups in total. The molecule has 1 aliphatic rings. The van der Waals surface area contributed by atoms with E-state index in [4.69, 9.17) is 4.74 Å². The van der Waals surface area contributed by atoms with Gasteiger partial charge in [-0.25, -0.2) is 4.39 Å². The Hall–Kier alpha value is -1.09. The Kier molecular flexibility index (Phi) is 5.03. The van der Waals surface area contributed by atoms with Crippen molar-refractivity contribution >= 4 is 0 Å².